The number of ether oxygens (including phenoxy) is 1. The van der Waals surface area contributed by atoms with E-state index in [0.717, 1.165) is 50.1 Å². The normalized spacial score (nSPS) is 18.2. The van der Waals surface area contributed by atoms with Gasteiger partial charge in [-0.25, -0.2) is 0 Å². The lowest BCUT2D eigenvalue weighted by atomic mass is 9.75. The predicted molar refractivity (Wildman–Crippen MR) is 125 cm³/mol. The molecule has 0 aliphatic carbocycles. The van der Waals surface area contributed by atoms with Crippen LogP contribution in [-0.2, 0) is 16.0 Å². The summed E-state index contributed by atoms with van der Waals surface area (Å²) in [7, 11) is 0. The molecule has 5 nitrogen and oxygen atoms in total. The molecular weight excluding hydrogens is 400 g/mol. The van der Waals surface area contributed by atoms with Gasteiger partial charge in [0.05, 0.1) is 13.0 Å². The Morgan fingerprint density at radius 1 is 0.750 bits per heavy atom. The van der Waals surface area contributed by atoms with Crippen molar-refractivity contribution >= 4 is 11.8 Å². The summed E-state index contributed by atoms with van der Waals surface area (Å²) in [5.74, 6) is 1.24. The highest BCUT2D eigenvalue weighted by Gasteiger charge is 2.39. The van der Waals surface area contributed by atoms with Gasteiger partial charge in [0.2, 0.25) is 11.8 Å². The largest absolute Gasteiger partial charge is 0.493 e. The molecule has 2 aliphatic rings. The summed E-state index contributed by atoms with van der Waals surface area (Å²) in [5, 5.41) is 0. The predicted octanol–water partition coefficient (Wildman–Crippen LogP) is 4.32. The van der Waals surface area contributed by atoms with Gasteiger partial charge in [0.15, 0.2) is 0 Å². The monoisotopic (exact) mass is 434 g/mol. The van der Waals surface area contributed by atoms with Crippen LogP contribution in [-0.4, -0.2) is 54.4 Å². The van der Waals surface area contributed by atoms with Gasteiger partial charge in [0.1, 0.15) is 5.75 Å². The summed E-state index contributed by atoms with van der Waals surface area (Å²) in [4.78, 5) is 30.0. The summed E-state index contributed by atoms with van der Waals surface area (Å²) in [6.45, 7) is 3.61. The molecule has 0 radical (unpaired) electrons. The van der Waals surface area contributed by atoms with Crippen LogP contribution in [0, 0.1) is 5.41 Å². The molecule has 170 valence electrons. The molecule has 2 heterocycles. The van der Waals surface area contributed by atoms with E-state index in [4.69, 9.17) is 4.74 Å². The Labute approximate surface area is 191 Å². The molecule has 0 saturated carbocycles. The quantitative estimate of drug-likeness (QED) is 0.652. The molecule has 2 aliphatic heterocycles. The van der Waals surface area contributed by atoms with Crippen LogP contribution in [0.3, 0.4) is 0 Å². The zero-order valence-electron chi connectivity index (χ0n) is 18.9. The number of carbonyl (C=O) groups is 2. The van der Waals surface area contributed by atoms with E-state index in [1.165, 1.54) is 6.42 Å². The van der Waals surface area contributed by atoms with Crippen molar-refractivity contribution in [2.75, 3.05) is 32.8 Å². The van der Waals surface area contributed by atoms with Crippen LogP contribution in [0.4, 0.5) is 0 Å². The number of rotatable bonds is 7. The third kappa shape index (κ3) is 5.90. The zero-order valence-corrected chi connectivity index (χ0v) is 18.9. The average Bonchev–Trinajstić information content (AvgIpc) is 2.85. The van der Waals surface area contributed by atoms with Crippen LogP contribution in [0.15, 0.2) is 60.7 Å². The van der Waals surface area contributed by atoms with E-state index in [9.17, 15) is 9.59 Å². The van der Waals surface area contributed by atoms with Gasteiger partial charge in [0, 0.05) is 38.0 Å². The molecule has 2 aromatic carbocycles. The molecule has 0 aromatic heterocycles. The van der Waals surface area contributed by atoms with Crippen molar-refractivity contribution in [2.24, 2.45) is 5.41 Å². The van der Waals surface area contributed by atoms with Crippen molar-refractivity contribution in [1.82, 2.24) is 9.80 Å². The number of hydrogen-bond acceptors (Lipinski definition) is 3. The second-order valence-electron chi connectivity index (χ2n) is 9.26. The van der Waals surface area contributed by atoms with E-state index < -0.39 is 0 Å². The fourth-order valence-electron chi connectivity index (χ4n) is 4.81. The maximum atomic E-state index is 13.1. The van der Waals surface area contributed by atoms with E-state index in [1.54, 1.807) is 0 Å². The minimum absolute atomic E-state index is 0.163. The molecule has 0 N–H and O–H groups in total. The Bertz CT molecular complexity index is 870. The minimum atomic E-state index is -0.228. The average molecular weight is 435 g/mol. The third-order valence-corrected chi connectivity index (χ3v) is 6.90. The van der Waals surface area contributed by atoms with Crippen LogP contribution in [0.1, 0.15) is 44.1 Å². The van der Waals surface area contributed by atoms with Gasteiger partial charge in [0.25, 0.3) is 0 Å². The fourth-order valence-corrected chi connectivity index (χ4v) is 4.81. The molecule has 32 heavy (non-hydrogen) atoms. The highest BCUT2D eigenvalue weighted by atomic mass is 16.5. The summed E-state index contributed by atoms with van der Waals surface area (Å²) < 4.78 is 6.15. The van der Waals surface area contributed by atoms with Crippen molar-refractivity contribution < 1.29 is 14.3 Å². The SMILES string of the molecule is O=C(Cc1ccccc1)N1CCC(COc2ccccc2)(CC(=O)N2CCCCC2)CC1. The van der Waals surface area contributed by atoms with E-state index in [2.05, 4.69) is 0 Å². The summed E-state index contributed by atoms with van der Waals surface area (Å²) >= 11 is 0. The molecule has 2 saturated heterocycles. The lowest BCUT2D eigenvalue weighted by molar-refractivity contribution is -0.138. The van der Waals surface area contributed by atoms with Gasteiger partial charge in [-0.2, -0.15) is 0 Å². The van der Waals surface area contributed by atoms with Gasteiger partial charge >= 0.3 is 0 Å². The maximum Gasteiger partial charge on any atom is 0.226 e. The first-order valence-electron chi connectivity index (χ1n) is 11.9. The van der Waals surface area contributed by atoms with Crippen LogP contribution in [0.25, 0.3) is 0 Å². The van der Waals surface area contributed by atoms with Crippen molar-refractivity contribution in [2.45, 2.75) is 44.9 Å². The molecule has 5 heteroatoms. The maximum absolute atomic E-state index is 13.1. The number of para-hydroxylation sites is 1. The molecule has 2 fully saturated rings. The Hall–Kier alpha value is -2.82. The Kier molecular flexibility index (Phi) is 7.46. The second-order valence-corrected chi connectivity index (χ2v) is 9.26. The van der Waals surface area contributed by atoms with Crippen molar-refractivity contribution in [3.63, 3.8) is 0 Å². The van der Waals surface area contributed by atoms with Gasteiger partial charge < -0.3 is 14.5 Å². The number of piperidine rings is 2. The van der Waals surface area contributed by atoms with Gasteiger partial charge in [-0.15, -0.1) is 0 Å². The first-order valence-corrected chi connectivity index (χ1v) is 11.9. The fraction of sp³-hybridized carbons (Fsp3) is 0.481. The molecule has 4 rings (SSSR count). The van der Waals surface area contributed by atoms with E-state index >= 15 is 0 Å². The first-order chi connectivity index (χ1) is 15.6. The lowest BCUT2D eigenvalue weighted by Crippen LogP contribution is -2.48. The van der Waals surface area contributed by atoms with Gasteiger partial charge in [-0.1, -0.05) is 48.5 Å². The topological polar surface area (TPSA) is 49.9 Å². The van der Waals surface area contributed by atoms with Gasteiger partial charge in [-0.3, -0.25) is 9.59 Å². The van der Waals surface area contributed by atoms with Gasteiger partial charge in [-0.05, 0) is 49.8 Å². The summed E-state index contributed by atoms with van der Waals surface area (Å²) in [6.07, 6.45) is 5.92. The van der Waals surface area contributed by atoms with Crippen LogP contribution in [0.2, 0.25) is 0 Å². The molecule has 0 spiro atoms. The molecule has 2 amide bonds. The summed E-state index contributed by atoms with van der Waals surface area (Å²) in [6, 6.07) is 19.7. The van der Waals surface area contributed by atoms with Crippen molar-refractivity contribution in [1.29, 1.82) is 0 Å². The molecule has 2 aromatic rings. The van der Waals surface area contributed by atoms with E-state index in [-0.39, 0.29) is 17.2 Å². The zero-order chi connectivity index (χ0) is 22.2. The standard InChI is InChI=1S/C27H34N2O3/c30-25(20-23-10-4-1-5-11-23)29-18-14-27(15-19-29,22-32-24-12-6-2-7-13-24)21-26(31)28-16-8-3-9-17-28/h1-2,4-7,10-13H,3,8-9,14-22H2. The van der Waals surface area contributed by atoms with Crippen molar-refractivity contribution in [3.8, 4) is 5.75 Å². The number of likely N-dealkylation sites (tertiary alicyclic amines) is 2. The molecule has 0 atom stereocenters. The van der Waals surface area contributed by atoms with Crippen LogP contribution >= 0.6 is 0 Å². The first kappa shape index (κ1) is 22.4. The minimum Gasteiger partial charge on any atom is -0.493 e. The Morgan fingerprint density at radius 3 is 2.00 bits per heavy atom. The van der Waals surface area contributed by atoms with Crippen LogP contribution < -0.4 is 4.74 Å². The van der Waals surface area contributed by atoms with Crippen molar-refractivity contribution in [3.05, 3.63) is 66.2 Å². The highest BCUT2D eigenvalue weighted by molar-refractivity contribution is 5.79. The number of hydrogen-bond donors (Lipinski definition) is 0. The number of amides is 2. The lowest BCUT2D eigenvalue weighted by Gasteiger charge is -2.42. The number of nitrogens with zero attached hydrogens (tertiary/aromatic N) is 2. The molecular formula is C27H34N2O3. The third-order valence-electron chi connectivity index (χ3n) is 6.90. The smallest absolute Gasteiger partial charge is 0.226 e. The second kappa shape index (κ2) is 10.7. The Balaban J connectivity index is 1.40. The number of carbonyl (C=O) groups excluding carboxylic acids is 2. The summed E-state index contributed by atoms with van der Waals surface area (Å²) in [5.41, 5.74) is 0.815. The van der Waals surface area contributed by atoms with Crippen LogP contribution in [0.5, 0.6) is 5.75 Å². The van der Waals surface area contributed by atoms with E-state index in [0.29, 0.717) is 32.5 Å². The molecule has 0 unspecified atom stereocenters. The Morgan fingerprint density at radius 2 is 1.34 bits per heavy atom. The highest BCUT2D eigenvalue weighted by Crippen LogP contribution is 2.37. The van der Waals surface area contributed by atoms with E-state index in [1.807, 2.05) is 70.5 Å². The number of benzene rings is 2. The molecule has 0 bridgehead atoms.